The Morgan fingerprint density at radius 3 is 2.32 bits per heavy atom. The minimum atomic E-state index is -5.01. The molecule has 0 saturated carbocycles. The van der Waals surface area contributed by atoms with Crippen LogP contribution in [-0.4, -0.2) is 10.5 Å². The average molecular weight is 498 g/mol. The fourth-order valence-electron chi connectivity index (χ4n) is 4.07. The first kappa shape index (κ1) is 23.7. The Balaban J connectivity index is 2.02. The van der Waals surface area contributed by atoms with Crippen molar-refractivity contribution in [2.24, 2.45) is 0 Å². The zero-order valence-electron chi connectivity index (χ0n) is 17.8. The fourth-order valence-corrected chi connectivity index (χ4v) is 4.37. The van der Waals surface area contributed by atoms with Crippen LogP contribution < -0.4 is 15.8 Å². The maximum absolute atomic E-state index is 14.6. The van der Waals surface area contributed by atoms with E-state index in [9.17, 15) is 31.5 Å². The number of anilines is 2. The summed E-state index contributed by atoms with van der Waals surface area (Å²) in [6, 6.07) is 7.31. The second kappa shape index (κ2) is 8.43. The van der Waals surface area contributed by atoms with E-state index in [0.717, 1.165) is 6.07 Å². The number of nitrogens with zero attached hydrogens (tertiary/aromatic N) is 2. The van der Waals surface area contributed by atoms with Crippen LogP contribution in [-0.2, 0) is 12.2 Å². The third-order valence-corrected chi connectivity index (χ3v) is 5.99. The zero-order valence-corrected chi connectivity index (χ0v) is 18.6. The summed E-state index contributed by atoms with van der Waals surface area (Å²) in [6.45, 7) is 3.16. The normalized spacial score (nSPS) is 15.8. The van der Waals surface area contributed by atoms with Gasteiger partial charge in [0.2, 0.25) is 0 Å². The molecule has 0 radical (unpaired) electrons. The number of aryl methyl sites for hydroxylation is 1. The van der Waals surface area contributed by atoms with Gasteiger partial charge in [-0.2, -0.15) is 13.2 Å². The van der Waals surface area contributed by atoms with Crippen LogP contribution in [0, 0.1) is 25.5 Å². The molecule has 0 bridgehead atoms. The van der Waals surface area contributed by atoms with Gasteiger partial charge in [0.1, 0.15) is 23.8 Å². The standard InChI is InChI=1S/C23H17ClF5N3O2/c1-11-7-13(25)3-5-18(11)32-19-9-17(26)16(23(27,28)29)8-15(19)22(34)30-21(32)14-4-6-20(33)31(10-24)12(14)2/h3-9,21H,10H2,1-2H3,(H,30,34). The molecule has 5 nitrogen and oxygen atoms in total. The van der Waals surface area contributed by atoms with E-state index in [4.69, 9.17) is 11.6 Å². The first-order chi connectivity index (χ1) is 15.9. The van der Waals surface area contributed by atoms with E-state index in [-0.39, 0.29) is 11.7 Å². The number of halogens is 6. The first-order valence-electron chi connectivity index (χ1n) is 9.97. The lowest BCUT2D eigenvalue weighted by atomic mass is 9.98. The van der Waals surface area contributed by atoms with E-state index in [1.165, 1.54) is 33.7 Å². The molecule has 1 N–H and O–H groups in total. The fraction of sp³-hybridized carbons (Fsp3) is 0.217. The van der Waals surface area contributed by atoms with Gasteiger partial charge in [0, 0.05) is 23.0 Å². The molecular formula is C23H17ClF5N3O2. The minimum Gasteiger partial charge on any atom is -0.327 e. The predicted molar refractivity (Wildman–Crippen MR) is 116 cm³/mol. The summed E-state index contributed by atoms with van der Waals surface area (Å²) in [5, 5.41) is 2.63. The number of amides is 1. The quantitative estimate of drug-likeness (QED) is 0.382. The number of alkyl halides is 4. The predicted octanol–water partition coefficient (Wildman–Crippen LogP) is 5.54. The van der Waals surface area contributed by atoms with Crippen molar-refractivity contribution in [3.05, 3.63) is 92.4 Å². The highest BCUT2D eigenvalue weighted by molar-refractivity contribution is 6.15. The number of aromatic nitrogens is 1. The van der Waals surface area contributed by atoms with Crippen molar-refractivity contribution >= 4 is 28.9 Å². The highest BCUT2D eigenvalue weighted by Gasteiger charge is 2.40. The largest absolute Gasteiger partial charge is 0.419 e. The highest BCUT2D eigenvalue weighted by Crippen LogP contribution is 2.44. The van der Waals surface area contributed by atoms with Crippen LogP contribution in [0.2, 0.25) is 0 Å². The Kier molecular flexibility index (Phi) is 5.89. The van der Waals surface area contributed by atoms with Gasteiger partial charge >= 0.3 is 6.18 Å². The molecule has 2 aromatic carbocycles. The molecule has 178 valence electrons. The molecule has 34 heavy (non-hydrogen) atoms. The van der Waals surface area contributed by atoms with Crippen molar-refractivity contribution in [1.82, 2.24) is 9.88 Å². The molecule has 11 heteroatoms. The Hall–Kier alpha value is -3.40. The second-order valence-corrected chi connectivity index (χ2v) is 8.02. The molecule has 3 aromatic rings. The average Bonchev–Trinajstić information content (AvgIpc) is 2.74. The van der Waals surface area contributed by atoms with Crippen LogP contribution >= 0.6 is 11.6 Å². The number of pyridine rings is 1. The number of fused-ring (bicyclic) bond motifs is 1. The van der Waals surface area contributed by atoms with Crippen LogP contribution in [0.25, 0.3) is 0 Å². The van der Waals surface area contributed by atoms with E-state index >= 15 is 0 Å². The summed E-state index contributed by atoms with van der Waals surface area (Å²) in [4.78, 5) is 26.5. The third kappa shape index (κ3) is 3.91. The van der Waals surface area contributed by atoms with Gasteiger partial charge in [-0.25, -0.2) is 8.78 Å². The summed E-state index contributed by atoms with van der Waals surface area (Å²) in [7, 11) is 0. The van der Waals surface area contributed by atoms with Crippen LogP contribution in [0.3, 0.4) is 0 Å². The van der Waals surface area contributed by atoms with Crippen LogP contribution in [0.15, 0.2) is 47.3 Å². The number of hydrogen-bond acceptors (Lipinski definition) is 3. The van der Waals surface area contributed by atoms with Crippen molar-refractivity contribution in [2.45, 2.75) is 32.2 Å². The monoisotopic (exact) mass is 497 g/mol. The summed E-state index contributed by atoms with van der Waals surface area (Å²) in [6.07, 6.45) is -6.07. The highest BCUT2D eigenvalue weighted by atomic mass is 35.5. The number of nitrogens with one attached hydrogen (secondary N) is 1. The minimum absolute atomic E-state index is 0.142. The Labute approximate surface area is 195 Å². The first-order valence-corrected chi connectivity index (χ1v) is 10.5. The van der Waals surface area contributed by atoms with Crippen LogP contribution in [0.4, 0.5) is 33.3 Å². The molecule has 1 atom stereocenters. The van der Waals surface area contributed by atoms with Gasteiger partial charge in [-0.1, -0.05) is 0 Å². The molecule has 0 spiro atoms. The molecular weight excluding hydrogens is 481 g/mol. The van der Waals surface area contributed by atoms with Gasteiger partial charge in [0.05, 0.1) is 16.8 Å². The van der Waals surface area contributed by atoms with Crippen molar-refractivity contribution in [3.63, 3.8) is 0 Å². The van der Waals surface area contributed by atoms with Crippen molar-refractivity contribution < 1.29 is 26.7 Å². The van der Waals surface area contributed by atoms with Gasteiger partial charge in [0.25, 0.3) is 11.5 Å². The van der Waals surface area contributed by atoms with Gasteiger partial charge in [-0.3, -0.25) is 14.2 Å². The van der Waals surface area contributed by atoms with E-state index in [2.05, 4.69) is 5.32 Å². The van der Waals surface area contributed by atoms with E-state index in [0.29, 0.717) is 34.6 Å². The molecule has 0 saturated heterocycles. The maximum atomic E-state index is 14.6. The smallest absolute Gasteiger partial charge is 0.327 e. The topological polar surface area (TPSA) is 54.3 Å². The van der Waals surface area contributed by atoms with E-state index in [1.54, 1.807) is 13.8 Å². The molecule has 1 amide bonds. The molecule has 2 heterocycles. The third-order valence-electron chi connectivity index (χ3n) is 5.75. The SMILES string of the molecule is Cc1cc(F)ccc1N1c2cc(F)c(C(F)(F)F)cc2C(=O)NC1c1ccc(=O)n(CCl)c1C. The molecule has 4 rings (SSSR count). The van der Waals surface area contributed by atoms with Gasteiger partial charge in [-0.05, 0) is 55.8 Å². The van der Waals surface area contributed by atoms with Gasteiger partial charge < -0.3 is 10.2 Å². The number of carbonyl (C=O) groups excluding carboxylic acids is 1. The molecule has 1 aliphatic rings. The summed E-state index contributed by atoms with van der Waals surface area (Å²) in [5.41, 5.74) is -1.05. The van der Waals surface area contributed by atoms with Crippen molar-refractivity contribution in [2.75, 3.05) is 4.90 Å². The van der Waals surface area contributed by atoms with E-state index in [1.807, 2.05) is 0 Å². The van der Waals surface area contributed by atoms with Crippen molar-refractivity contribution in [1.29, 1.82) is 0 Å². The summed E-state index contributed by atoms with van der Waals surface area (Å²) in [5.74, 6) is -2.99. The second-order valence-electron chi connectivity index (χ2n) is 7.78. The Morgan fingerprint density at radius 2 is 1.71 bits per heavy atom. The van der Waals surface area contributed by atoms with Crippen LogP contribution in [0.5, 0.6) is 0 Å². The number of rotatable bonds is 3. The summed E-state index contributed by atoms with van der Waals surface area (Å²) >= 11 is 5.90. The molecule has 1 unspecified atom stereocenters. The van der Waals surface area contributed by atoms with Gasteiger partial charge in [-0.15, -0.1) is 11.6 Å². The Morgan fingerprint density at radius 1 is 1.00 bits per heavy atom. The zero-order chi connectivity index (χ0) is 24.9. The number of hydrogen-bond donors (Lipinski definition) is 1. The molecule has 1 aromatic heterocycles. The Bertz CT molecular complexity index is 1370. The lowest BCUT2D eigenvalue weighted by Gasteiger charge is -2.40. The summed E-state index contributed by atoms with van der Waals surface area (Å²) < 4.78 is 69.6. The van der Waals surface area contributed by atoms with E-state index < -0.39 is 46.6 Å². The molecule has 0 fully saturated rings. The molecule has 0 aliphatic carbocycles. The van der Waals surface area contributed by atoms with Crippen LogP contribution in [0.1, 0.15) is 38.9 Å². The molecule has 1 aliphatic heterocycles. The number of carbonyl (C=O) groups is 1. The number of benzene rings is 2. The maximum Gasteiger partial charge on any atom is 0.419 e. The lowest BCUT2D eigenvalue weighted by Crippen LogP contribution is -2.45. The lowest BCUT2D eigenvalue weighted by molar-refractivity contribution is -0.140. The van der Waals surface area contributed by atoms with Crippen molar-refractivity contribution in [3.8, 4) is 0 Å². The van der Waals surface area contributed by atoms with Gasteiger partial charge in [0.15, 0.2) is 0 Å².